The van der Waals surface area contributed by atoms with E-state index >= 15 is 0 Å². The first-order valence-electron chi connectivity index (χ1n) is 8.85. The van der Waals surface area contributed by atoms with Crippen LogP contribution in [0.4, 0.5) is 0 Å². The molecule has 8 nitrogen and oxygen atoms in total. The van der Waals surface area contributed by atoms with E-state index in [1.807, 2.05) is 0 Å². The summed E-state index contributed by atoms with van der Waals surface area (Å²) in [5.74, 6) is -4.75. The molecule has 2 saturated heterocycles. The minimum Gasteiger partial charge on any atom is -0.508 e. The van der Waals surface area contributed by atoms with Gasteiger partial charge in [-0.2, -0.15) is 0 Å². The average molecular weight is 461 g/mol. The zero-order valence-corrected chi connectivity index (χ0v) is 16.5. The Hall–Kier alpha value is -2.91. The molecule has 0 saturated carbocycles. The van der Waals surface area contributed by atoms with Gasteiger partial charge in [0.2, 0.25) is 11.8 Å². The van der Waals surface area contributed by atoms with Gasteiger partial charge >= 0.3 is 5.97 Å². The number of hydrogen-bond acceptors (Lipinski definition) is 6. The molecule has 0 spiro atoms. The fraction of sp³-hybridized carbons (Fsp3) is 0.250. The van der Waals surface area contributed by atoms with Crippen molar-refractivity contribution >= 4 is 33.7 Å². The van der Waals surface area contributed by atoms with E-state index in [-0.39, 0.29) is 17.9 Å². The number of fused-ring (bicyclic) bond motifs is 1. The Morgan fingerprint density at radius 1 is 1.07 bits per heavy atom. The highest BCUT2D eigenvalue weighted by atomic mass is 79.9. The van der Waals surface area contributed by atoms with Crippen LogP contribution in [-0.2, 0) is 20.8 Å². The van der Waals surface area contributed by atoms with Crippen LogP contribution in [0.5, 0.6) is 11.5 Å². The molecule has 0 aliphatic carbocycles. The van der Waals surface area contributed by atoms with Gasteiger partial charge in [-0.1, -0.05) is 28.1 Å². The molecule has 2 amide bonds. The van der Waals surface area contributed by atoms with Gasteiger partial charge in [0.05, 0.1) is 11.8 Å². The van der Waals surface area contributed by atoms with E-state index in [4.69, 9.17) is 0 Å². The summed E-state index contributed by atoms with van der Waals surface area (Å²) in [6, 6.07) is 9.75. The van der Waals surface area contributed by atoms with Crippen LogP contribution in [0.2, 0.25) is 0 Å². The number of aliphatic carboxylic acids is 1. The van der Waals surface area contributed by atoms with Crippen molar-refractivity contribution in [1.82, 2.24) is 10.6 Å². The van der Waals surface area contributed by atoms with Crippen molar-refractivity contribution in [2.45, 2.75) is 18.0 Å². The summed E-state index contributed by atoms with van der Waals surface area (Å²) in [4.78, 5) is 37.6. The number of nitrogens with one attached hydrogen (secondary N) is 2. The predicted molar refractivity (Wildman–Crippen MR) is 104 cm³/mol. The topological polar surface area (TPSA) is 136 Å². The molecule has 9 heteroatoms. The van der Waals surface area contributed by atoms with Gasteiger partial charge in [-0.05, 0) is 35.9 Å². The number of halogens is 1. The van der Waals surface area contributed by atoms with Crippen molar-refractivity contribution in [3.05, 3.63) is 58.1 Å². The van der Waals surface area contributed by atoms with E-state index < -0.39 is 41.2 Å². The standard InChI is InChI=1S/C20H17BrN2O6/c21-10-3-6-13(25)12(7-10)16-14-15(18(27)22-17(14)26)20(23-16,19(28)29)8-9-1-4-11(24)5-2-9/h1-7,14-16,23-25H,8H2,(H,28,29)(H,22,26,27). The molecule has 2 aromatic carbocycles. The van der Waals surface area contributed by atoms with Gasteiger partial charge in [0.15, 0.2) is 0 Å². The zero-order chi connectivity index (χ0) is 20.9. The average Bonchev–Trinajstić information content (AvgIpc) is 3.16. The van der Waals surface area contributed by atoms with E-state index in [1.165, 1.54) is 18.2 Å². The van der Waals surface area contributed by atoms with Crippen LogP contribution in [0.15, 0.2) is 46.9 Å². The lowest BCUT2D eigenvalue weighted by Gasteiger charge is -2.30. The maximum Gasteiger partial charge on any atom is 0.325 e. The SMILES string of the molecule is O=C1NC(=O)C2C1C(c1cc(Br)ccc1O)NC2(Cc1ccc(O)cc1)C(=O)O. The van der Waals surface area contributed by atoms with Crippen molar-refractivity contribution in [2.24, 2.45) is 11.8 Å². The van der Waals surface area contributed by atoms with Crippen molar-refractivity contribution in [3.8, 4) is 11.5 Å². The highest BCUT2D eigenvalue weighted by molar-refractivity contribution is 9.10. The molecular formula is C20H17BrN2O6. The van der Waals surface area contributed by atoms with Gasteiger partial charge < -0.3 is 15.3 Å². The molecule has 4 rings (SSSR count). The quantitative estimate of drug-likeness (QED) is 0.435. The zero-order valence-electron chi connectivity index (χ0n) is 14.9. The first kappa shape index (κ1) is 19.4. The predicted octanol–water partition coefficient (Wildman–Crippen LogP) is 1.46. The molecular weight excluding hydrogens is 444 g/mol. The summed E-state index contributed by atoms with van der Waals surface area (Å²) in [6.07, 6.45) is -0.0876. The molecule has 4 unspecified atom stereocenters. The third kappa shape index (κ3) is 3.06. The van der Waals surface area contributed by atoms with Crippen molar-refractivity contribution in [1.29, 1.82) is 0 Å². The number of phenolic OH excluding ortho intramolecular Hbond substituents is 2. The molecule has 4 atom stereocenters. The van der Waals surface area contributed by atoms with Crippen molar-refractivity contribution in [2.75, 3.05) is 0 Å². The van der Waals surface area contributed by atoms with Gasteiger partial charge in [-0.3, -0.25) is 25.0 Å². The number of rotatable bonds is 4. The highest BCUT2D eigenvalue weighted by Crippen LogP contribution is 2.49. The Labute approximate surface area is 173 Å². The molecule has 2 heterocycles. The molecule has 2 aliphatic rings. The third-order valence-corrected chi connectivity index (χ3v) is 6.11. The number of hydrogen-bond donors (Lipinski definition) is 5. The normalized spacial score (nSPS) is 28.2. The number of carbonyl (C=O) groups excluding carboxylic acids is 2. The number of carbonyl (C=O) groups is 3. The van der Waals surface area contributed by atoms with Crippen LogP contribution < -0.4 is 10.6 Å². The molecule has 0 aromatic heterocycles. The smallest absolute Gasteiger partial charge is 0.325 e. The fourth-order valence-corrected chi connectivity index (χ4v) is 4.72. The van der Waals surface area contributed by atoms with Gasteiger partial charge in [0, 0.05) is 22.5 Å². The first-order valence-corrected chi connectivity index (χ1v) is 9.64. The number of amides is 2. The minimum absolute atomic E-state index is 0.0288. The second-order valence-electron chi connectivity index (χ2n) is 7.30. The number of phenols is 2. The summed E-state index contributed by atoms with van der Waals surface area (Å²) in [7, 11) is 0. The fourth-order valence-electron chi connectivity index (χ4n) is 4.34. The summed E-state index contributed by atoms with van der Waals surface area (Å²) in [5.41, 5.74) is -0.868. The summed E-state index contributed by atoms with van der Waals surface area (Å²) in [6.45, 7) is 0. The maximum atomic E-state index is 12.6. The van der Waals surface area contributed by atoms with E-state index in [9.17, 15) is 29.7 Å². The Morgan fingerprint density at radius 2 is 1.76 bits per heavy atom. The van der Waals surface area contributed by atoms with Gasteiger partial charge in [-0.15, -0.1) is 0 Å². The van der Waals surface area contributed by atoms with E-state index in [0.717, 1.165) is 0 Å². The van der Waals surface area contributed by atoms with Crippen LogP contribution in [0.3, 0.4) is 0 Å². The Kier molecular flexibility index (Phi) is 4.59. The van der Waals surface area contributed by atoms with Gasteiger partial charge in [0.1, 0.15) is 17.0 Å². The largest absolute Gasteiger partial charge is 0.508 e. The number of carboxylic acids is 1. The number of benzene rings is 2. The molecule has 2 aliphatic heterocycles. The molecule has 2 fully saturated rings. The van der Waals surface area contributed by atoms with Crippen molar-refractivity contribution in [3.63, 3.8) is 0 Å². The molecule has 29 heavy (non-hydrogen) atoms. The monoisotopic (exact) mass is 460 g/mol. The second kappa shape index (κ2) is 6.85. The second-order valence-corrected chi connectivity index (χ2v) is 8.22. The maximum absolute atomic E-state index is 12.6. The number of imide groups is 1. The van der Waals surface area contributed by atoms with E-state index in [2.05, 4.69) is 26.6 Å². The first-order chi connectivity index (χ1) is 13.7. The number of carboxylic acid groups (broad SMARTS) is 1. The van der Waals surface area contributed by atoms with Crippen LogP contribution in [-0.4, -0.2) is 38.6 Å². The van der Waals surface area contributed by atoms with Crippen molar-refractivity contribution < 1.29 is 29.7 Å². The lowest BCUT2D eigenvalue weighted by molar-refractivity contribution is -0.149. The Bertz CT molecular complexity index is 1020. The van der Waals surface area contributed by atoms with Crippen LogP contribution in [0.25, 0.3) is 0 Å². The molecule has 2 aromatic rings. The van der Waals surface area contributed by atoms with E-state index in [1.54, 1.807) is 24.3 Å². The Morgan fingerprint density at radius 3 is 2.41 bits per heavy atom. The molecule has 5 N–H and O–H groups in total. The Balaban J connectivity index is 1.84. The molecule has 150 valence electrons. The lowest BCUT2D eigenvalue weighted by Crippen LogP contribution is -2.57. The van der Waals surface area contributed by atoms with Crippen LogP contribution in [0, 0.1) is 11.8 Å². The molecule has 0 radical (unpaired) electrons. The summed E-state index contributed by atoms with van der Waals surface area (Å²) >= 11 is 3.31. The minimum atomic E-state index is -1.77. The molecule has 0 bridgehead atoms. The number of aromatic hydroxyl groups is 2. The van der Waals surface area contributed by atoms with Gasteiger partial charge in [0.25, 0.3) is 0 Å². The highest BCUT2D eigenvalue weighted by Gasteiger charge is 2.66. The summed E-state index contributed by atoms with van der Waals surface area (Å²) in [5, 5.41) is 35.2. The van der Waals surface area contributed by atoms with Crippen LogP contribution in [0.1, 0.15) is 17.2 Å². The van der Waals surface area contributed by atoms with Crippen LogP contribution >= 0.6 is 15.9 Å². The summed E-state index contributed by atoms with van der Waals surface area (Å²) < 4.78 is 0.639. The third-order valence-electron chi connectivity index (χ3n) is 5.62. The lowest BCUT2D eigenvalue weighted by atomic mass is 9.76. The van der Waals surface area contributed by atoms with Gasteiger partial charge in [-0.25, -0.2) is 0 Å². The van der Waals surface area contributed by atoms with E-state index in [0.29, 0.717) is 15.6 Å².